The Labute approximate surface area is 128 Å². The van der Waals surface area contributed by atoms with Crippen LogP contribution in [0.1, 0.15) is 31.4 Å². The number of piperidine rings is 1. The van der Waals surface area contributed by atoms with Crippen LogP contribution in [-0.4, -0.2) is 45.8 Å². The first-order valence-corrected chi connectivity index (χ1v) is 7.84. The Balaban J connectivity index is 2.33. The van der Waals surface area contributed by atoms with Crippen LogP contribution in [0.5, 0.6) is 11.5 Å². The van der Waals surface area contributed by atoms with E-state index in [0.717, 1.165) is 31.1 Å². The maximum atomic E-state index is 5.60. The van der Waals surface area contributed by atoms with Gasteiger partial charge >= 0.3 is 0 Å². The number of hydrogen-bond acceptors (Lipinski definition) is 4. The molecule has 1 heterocycles. The molecule has 2 rings (SSSR count). The van der Waals surface area contributed by atoms with E-state index in [-0.39, 0.29) is 0 Å². The molecule has 0 aromatic heterocycles. The summed E-state index contributed by atoms with van der Waals surface area (Å²) in [7, 11) is 5.67. The first-order chi connectivity index (χ1) is 10.2. The third kappa shape index (κ3) is 3.69. The Bertz CT molecular complexity index is 450. The van der Waals surface area contributed by atoms with Crippen LogP contribution < -0.4 is 14.8 Å². The number of hydrogen-bond donors (Lipinski definition) is 1. The number of nitrogens with one attached hydrogen (secondary N) is 1. The lowest BCUT2D eigenvalue weighted by atomic mass is 9.84. The van der Waals surface area contributed by atoms with Crippen molar-refractivity contribution in [1.82, 2.24) is 10.2 Å². The lowest BCUT2D eigenvalue weighted by Crippen LogP contribution is -2.40. The summed E-state index contributed by atoms with van der Waals surface area (Å²) in [6.07, 6.45) is 2.51. The van der Waals surface area contributed by atoms with Gasteiger partial charge in [-0.05, 0) is 63.6 Å². The van der Waals surface area contributed by atoms with E-state index in [1.54, 1.807) is 14.2 Å². The number of likely N-dealkylation sites (tertiary alicyclic amines) is 1. The molecular formula is C17H28N2O2. The van der Waals surface area contributed by atoms with Gasteiger partial charge in [-0.3, -0.25) is 4.90 Å². The van der Waals surface area contributed by atoms with Crippen LogP contribution in [0.2, 0.25) is 0 Å². The summed E-state index contributed by atoms with van der Waals surface area (Å²) in [5, 5.41) is 3.51. The molecular weight excluding hydrogens is 264 g/mol. The Hall–Kier alpha value is -1.26. The lowest BCUT2D eigenvalue weighted by molar-refractivity contribution is 0.117. The molecule has 21 heavy (non-hydrogen) atoms. The topological polar surface area (TPSA) is 33.7 Å². The van der Waals surface area contributed by atoms with Crippen LogP contribution in [0, 0.1) is 5.92 Å². The van der Waals surface area contributed by atoms with Gasteiger partial charge in [0.2, 0.25) is 0 Å². The molecule has 1 fully saturated rings. The molecule has 4 nitrogen and oxygen atoms in total. The Morgan fingerprint density at radius 3 is 2.76 bits per heavy atom. The van der Waals surface area contributed by atoms with E-state index in [4.69, 9.17) is 9.47 Å². The van der Waals surface area contributed by atoms with Crippen molar-refractivity contribution in [3.63, 3.8) is 0 Å². The van der Waals surface area contributed by atoms with Crippen molar-refractivity contribution in [1.29, 1.82) is 0 Å². The van der Waals surface area contributed by atoms with Crippen LogP contribution >= 0.6 is 0 Å². The normalized spacial score (nSPS) is 23.0. The maximum Gasteiger partial charge on any atom is 0.123 e. The molecule has 2 unspecified atom stereocenters. The first-order valence-electron chi connectivity index (χ1n) is 7.84. The minimum absolute atomic E-state index is 0.378. The van der Waals surface area contributed by atoms with Gasteiger partial charge in [0.15, 0.2) is 0 Å². The van der Waals surface area contributed by atoms with Crippen LogP contribution in [-0.2, 0) is 0 Å². The highest BCUT2D eigenvalue weighted by atomic mass is 16.5. The number of nitrogens with zero attached hydrogens (tertiary/aromatic N) is 1. The smallest absolute Gasteiger partial charge is 0.123 e. The van der Waals surface area contributed by atoms with Gasteiger partial charge in [0.25, 0.3) is 0 Å². The molecule has 2 atom stereocenters. The second-order valence-corrected chi connectivity index (χ2v) is 5.74. The fourth-order valence-corrected chi connectivity index (χ4v) is 3.37. The standard InChI is InChI=1S/C17H28N2O2/c1-5-18-12-13-7-6-10-19(2)17(13)15-11-14(20-3)8-9-16(15)21-4/h8-9,11,13,17-18H,5-7,10,12H2,1-4H3. The van der Waals surface area contributed by atoms with Crippen molar-refractivity contribution >= 4 is 0 Å². The van der Waals surface area contributed by atoms with Gasteiger partial charge in [0.05, 0.1) is 14.2 Å². The zero-order chi connectivity index (χ0) is 15.2. The molecule has 0 radical (unpaired) electrons. The van der Waals surface area contributed by atoms with Crippen molar-refractivity contribution < 1.29 is 9.47 Å². The molecule has 0 aliphatic carbocycles. The molecule has 1 aromatic rings. The number of methoxy groups -OCH3 is 2. The van der Waals surface area contributed by atoms with Crippen LogP contribution in [0.4, 0.5) is 0 Å². The molecule has 1 aliphatic rings. The lowest BCUT2D eigenvalue weighted by Gasteiger charge is -2.40. The summed E-state index contributed by atoms with van der Waals surface area (Å²) in [5.41, 5.74) is 1.24. The van der Waals surface area contributed by atoms with Crippen LogP contribution in [0.15, 0.2) is 18.2 Å². The highest BCUT2D eigenvalue weighted by Crippen LogP contribution is 2.40. The average molecular weight is 292 g/mol. The molecule has 118 valence electrons. The predicted molar refractivity (Wildman–Crippen MR) is 86.2 cm³/mol. The highest BCUT2D eigenvalue weighted by Gasteiger charge is 2.32. The summed E-state index contributed by atoms with van der Waals surface area (Å²) < 4.78 is 11.0. The van der Waals surface area contributed by atoms with E-state index in [1.807, 2.05) is 12.1 Å². The summed E-state index contributed by atoms with van der Waals surface area (Å²) in [6, 6.07) is 6.48. The third-order valence-electron chi connectivity index (χ3n) is 4.42. The fourth-order valence-electron chi connectivity index (χ4n) is 3.37. The first kappa shape index (κ1) is 16.1. The Morgan fingerprint density at radius 2 is 2.10 bits per heavy atom. The molecule has 1 aliphatic heterocycles. The zero-order valence-electron chi connectivity index (χ0n) is 13.7. The summed E-state index contributed by atoms with van der Waals surface area (Å²) in [6.45, 7) is 5.36. The van der Waals surface area contributed by atoms with Crippen LogP contribution in [0.3, 0.4) is 0 Å². The van der Waals surface area contributed by atoms with E-state index in [1.165, 1.54) is 18.4 Å². The van der Waals surface area contributed by atoms with Gasteiger partial charge in [-0.15, -0.1) is 0 Å². The Kier molecular flexibility index (Phi) is 5.88. The quantitative estimate of drug-likeness (QED) is 0.874. The molecule has 1 N–H and O–H groups in total. The van der Waals surface area contributed by atoms with Crippen LogP contribution in [0.25, 0.3) is 0 Å². The van der Waals surface area contributed by atoms with Gasteiger partial charge in [-0.1, -0.05) is 6.92 Å². The monoisotopic (exact) mass is 292 g/mol. The van der Waals surface area contributed by atoms with Crippen molar-refractivity contribution in [2.24, 2.45) is 5.92 Å². The molecule has 1 aromatic carbocycles. The van der Waals surface area contributed by atoms with E-state index >= 15 is 0 Å². The Morgan fingerprint density at radius 1 is 1.29 bits per heavy atom. The van der Waals surface area contributed by atoms with E-state index < -0.39 is 0 Å². The van der Waals surface area contributed by atoms with Gasteiger partial charge in [0.1, 0.15) is 11.5 Å². The van der Waals surface area contributed by atoms with E-state index in [0.29, 0.717) is 12.0 Å². The van der Waals surface area contributed by atoms with Gasteiger partial charge in [0, 0.05) is 11.6 Å². The number of ether oxygens (including phenoxy) is 2. The maximum absolute atomic E-state index is 5.60. The zero-order valence-corrected chi connectivity index (χ0v) is 13.7. The molecule has 0 amide bonds. The summed E-state index contributed by atoms with van der Waals surface area (Å²) in [5.74, 6) is 2.45. The minimum Gasteiger partial charge on any atom is -0.497 e. The van der Waals surface area contributed by atoms with Crippen molar-refractivity contribution in [3.8, 4) is 11.5 Å². The number of benzene rings is 1. The van der Waals surface area contributed by atoms with Crippen molar-refractivity contribution in [2.45, 2.75) is 25.8 Å². The molecule has 1 saturated heterocycles. The van der Waals surface area contributed by atoms with E-state index in [9.17, 15) is 0 Å². The van der Waals surface area contributed by atoms with Crippen molar-refractivity contribution in [3.05, 3.63) is 23.8 Å². The molecule has 0 spiro atoms. The van der Waals surface area contributed by atoms with Gasteiger partial charge in [-0.2, -0.15) is 0 Å². The average Bonchev–Trinajstić information content (AvgIpc) is 2.52. The molecule has 0 saturated carbocycles. The summed E-state index contributed by atoms with van der Waals surface area (Å²) >= 11 is 0. The van der Waals surface area contributed by atoms with Gasteiger partial charge in [-0.25, -0.2) is 0 Å². The second-order valence-electron chi connectivity index (χ2n) is 5.74. The third-order valence-corrected chi connectivity index (χ3v) is 4.42. The van der Waals surface area contributed by atoms with Gasteiger partial charge < -0.3 is 14.8 Å². The molecule has 0 bridgehead atoms. The minimum atomic E-state index is 0.378. The SMILES string of the molecule is CCNCC1CCCN(C)C1c1cc(OC)ccc1OC. The second kappa shape index (κ2) is 7.66. The largest absolute Gasteiger partial charge is 0.497 e. The van der Waals surface area contributed by atoms with Crippen molar-refractivity contribution in [2.75, 3.05) is 40.9 Å². The number of rotatable bonds is 6. The molecule has 4 heteroatoms. The highest BCUT2D eigenvalue weighted by molar-refractivity contribution is 5.42. The van der Waals surface area contributed by atoms with E-state index in [2.05, 4.69) is 30.3 Å². The summed E-state index contributed by atoms with van der Waals surface area (Å²) in [4.78, 5) is 2.45. The fraction of sp³-hybridized carbons (Fsp3) is 0.647. The predicted octanol–water partition coefficient (Wildman–Crippen LogP) is 2.70.